The van der Waals surface area contributed by atoms with Gasteiger partial charge in [-0.15, -0.1) is 0 Å². The number of hydrogen-bond donors (Lipinski definition) is 1. The summed E-state index contributed by atoms with van der Waals surface area (Å²) in [6, 6.07) is 3.66. The zero-order chi connectivity index (χ0) is 15.4. The van der Waals surface area contributed by atoms with Crippen LogP contribution in [-0.2, 0) is 14.3 Å². The van der Waals surface area contributed by atoms with Crippen LogP contribution >= 0.6 is 0 Å². The van der Waals surface area contributed by atoms with Gasteiger partial charge in [0.1, 0.15) is 0 Å². The molecule has 2 saturated heterocycles. The summed E-state index contributed by atoms with van der Waals surface area (Å²) in [5, 5.41) is 2.94. The molecule has 2 aliphatic rings. The van der Waals surface area contributed by atoms with Crippen LogP contribution in [0.5, 0.6) is 0 Å². The number of anilines is 1. The molecule has 0 aromatic carbocycles. The quantitative estimate of drug-likeness (QED) is 0.795. The maximum Gasteiger partial charge on any atom is 0.230 e. The number of pyridine rings is 1. The number of nitrogens with one attached hydrogen (secondary N) is 1. The fourth-order valence-electron chi connectivity index (χ4n) is 3.26. The van der Waals surface area contributed by atoms with Crippen LogP contribution < -0.4 is 5.32 Å². The fourth-order valence-corrected chi connectivity index (χ4v) is 3.26. The van der Waals surface area contributed by atoms with Gasteiger partial charge in [0.2, 0.25) is 5.91 Å². The standard InChI is InChI=1S/C16H23N3O3/c1-2-21-7-6-19-9-13-14(11-22-15(13)10-19)16(20)18-12-4-3-5-17-8-12/h3-5,8,13-15H,2,6-7,9-11H2,1H3,(H,18,20)/t13-,14-,15-/m0/s1. The van der Waals surface area contributed by atoms with E-state index in [1.165, 1.54) is 0 Å². The first-order valence-electron chi connectivity index (χ1n) is 7.90. The van der Waals surface area contributed by atoms with Crippen LogP contribution in [0.1, 0.15) is 6.92 Å². The van der Waals surface area contributed by atoms with Crippen molar-refractivity contribution in [2.45, 2.75) is 13.0 Å². The molecule has 3 rings (SSSR count). The summed E-state index contributed by atoms with van der Waals surface area (Å²) in [5.74, 6) is 0.229. The molecule has 0 radical (unpaired) electrons. The second-order valence-corrected chi connectivity index (χ2v) is 5.83. The Bertz CT molecular complexity index is 497. The van der Waals surface area contributed by atoms with Crippen LogP contribution in [-0.4, -0.2) is 61.3 Å². The summed E-state index contributed by atoms with van der Waals surface area (Å²) >= 11 is 0. The van der Waals surface area contributed by atoms with Crippen molar-refractivity contribution in [3.8, 4) is 0 Å². The van der Waals surface area contributed by atoms with Crippen molar-refractivity contribution in [3.05, 3.63) is 24.5 Å². The Hall–Kier alpha value is -1.50. The highest BCUT2D eigenvalue weighted by atomic mass is 16.5. The highest BCUT2D eigenvalue weighted by Gasteiger charge is 2.46. The summed E-state index contributed by atoms with van der Waals surface area (Å²) in [7, 11) is 0. The molecule has 0 bridgehead atoms. The average Bonchev–Trinajstić information content (AvgIpc) is 3.08. The normalized spacial score (nSPS) is 27.8. The lowest BCUT2D eigenvalue weighted by Gasteiger charge is -2.19. The van der Waals surface area contributed by atoms with Gasteiger partial charge < -0.3 is 14.8 Å². The first-order chi connectivity index (χ1) is 10.8. The molecule has 3 atom stereocenters. The molecule has 2 aliphatic heterocycles. The Morgan fingerprint density at radius 2 is 2.45 bits per heavy atom. The van der Waals surface area contributed by atoms with E-state index >= 15 is 0 Å². The van der Waals surface area contributed by atoms with Gasteiger partial charge in [-0.3, -0.25) is 14.7 Å². The molecular formula is C16H23N3O3. The number of likely N-dealkylation sites (tertiary alicyclic amines) is 1. The number of nitrogens with zero attached hydrogens (tertiary/aromatic N) is 2. The SMILES string of the molecule is CCOCCN1C[C@@H]2[C@H](C1)OC[C@@H]2C(=O)Nc1cccnc1. The molecular weight excluding hydrogens is 282 g/mol. The van der Waals surface area contributed by atoms with E-state index in [1.807, 2.05) is 19.1 Å². The topological polar surface area (TPSA) is 63.7 Å². The van der Waals surface area contributed by atoms with Crippen molar-refractivity contribution in [2.24, 2.45) is 11.8 Å². The third-order valence-electron chi connectivity index (χ3n) is 4.41. The van der Waals surface area contributed by atoms with Crippen LogP contribution in [0.3, 0.4) is 0 Å². The summed E-state index contributed by atoms with van der Waals surface area (Å²) < 4.78 is 11.2. The van der Waals surface area contributed by atoms with Crippen molar-refractivity contribution >= 4 is 11.6 Å². The van der Waals surface area contributed by atoms with Crippen LogP contribution in [0.2, 0.25) is 0 Å². The van der Waals surface area contributed by atoms with Gasteiger partial charge in [0.15, 0.2) is 0 Å². The predicted molar refractivity (Wildman–Crippen MR) is 82.5 cm³/mol. The number of hydrogen-bond acceptors (Lipinski definition) is 5. The van der Waals surface area contributed by atoms with Crippen molar-refractivity contribution in [3.63, 3.8) is 0 Å². The molecule has 1 N–H and O–H groups in total. The minimum Gasteiger partial charge on any atom is -0.380 e. The van der Waals surface area contributed by atoms with Crippen molar-refractivity contribution in [2.75, 3.05) is 44.8 Å². The lowest BCUT2D eigenvalue weighted by molar-refractivity contribution is -0.120. The Morgan fingerprint density at radius 3 is 3.23 bits per heavy atom. The lowest BCUT2D eigenvalue weighted by Crippen LogP contribution is -2.32. The minimum atomic E-state index is -0.0812. The number of ether oxygens (including phenoxy) is 2. The monoisotopic (exact) mass is 305 g/mol. The van der Waals surface area contributed by atoms with Gasteiger partial charge in [-0.2, -0.15) is 0 Å². The molecule has 1 amide bonds. The van der Waals surface area contributed by atoms with Crippen molar-refractivity contribution < 1.29 is 14.3 Å². The van der Waals surface area contributed by atoms with E-state index < -0.39 is 0 Å². The second kappa shape index (κ2) is 7.17. The molecule has 22 heavy (non-hydrogen) atoms. The molecule has 0 spiro atoms. The number of amides is 1. The van der Waals surface area contributed by atoms with Crippen LogP contribution in [0, 0.1) is 11.8 Å². The van der Waals surface area contributed by atoms with Gasteiger partial charge in [0.25, 0.3) is 0 Å². The predicted octanol–water partition coefficient (Wildman–Crippen LogP) is 1.00. The van der Waals surface area contributed by atoms with Gasteiger partial charge >= 0.3 is 0 Å². The van der Waals surface area contributed by atoms with E-state index in [9.17, 15) is 4.79 Å². The minimum absolute atomic E-state index is 0.0344. The molecule has 1 aromatic heterocycles. The summed E-state index contributed by atoms with van der Waals surface area (Å²) in [6.07, 6.45) is 3.53. The van der Waals surface area contributed by atoms with Crippen molar-refractivity contribution in [1.82, 2.24) is 9.88 Å². The van der Waals surface area contributed by atoms with Crippen LogP contribution in [0.25, 0.3) is 0 Å². The Kier molecular flexibility index (Phi) is 5.02. The third-order valence-corrected chi connectivity index (χ3v) is 4.41. The molecule has 0 unspecified atom stereocenters. The first kappa shape index (κ1) is 15.4. The average molecular weight is 305 g/mol. The highest BCUT2D eigenvalue weighted by Crippen LogP contribution is 2.34. The second-order valence-electron chi connectivity index (χ2n) is 5.83. The van der Waals surface area contributed by atoms with E-state index in [-0.39, 0.29) is 23.8 Å². The number of carbonyl (C=O) groups is 1. The van der Waals surface area contributed by atoms with E-state index in [0.717, 1.165) is 38.5 Å². The van der Waals surface area contributed by atoms with E-state index in [2.05, 4.69) is 15.2 Å². The molecule has 120 valence electrons. The van der Waals surface area contributed by atoms with E-state index in [1.54, 1.807) is 12.4 Å². The third kappa shape index (κ3) is 3.45. The van der Waals surface area contributed by atoms with Crippen LogP contribution in [0.15, 0.2) is 24.5 Å². The smallest absolute Gasteiger partial charge is 0.230 e. The van der Waals surface area contributed by atoms with Crippen LogP contribution in [0.4, 0.5) is 5.69 Å². The molecule has 6 heteroatoms. The van der Waals surface area contributed by atoms with Gasteiger partial charge in [-0.05, 0) is 19.1 Å². The molecule has 0 saturated carbocycles. The van der Waals surface area contributed by atoms with Gasteiger partial charge in [0, 0.05) is 38.4 Å². The van der Waals surface area contributed by atoms with Gasteiger partial charge in [-0.1, -0.05) is 0 Å². The van der Waals surface area contributed by atoms with E-state index in [4.69, 9.17) is 9.47 Å². The summed E-state index contributed by atoms with van der Waals surface area (Å²) in [5.41, 5.74) is 0.738. The van der Waals surface area contributed by atoms with Gasteiger partial charge in [-0.25, -0.2) is 0 Å². The zero-order valence-electron chi connectivity index (χ0n) is 12.9. The molecule has 3 heterocycles. The Morgan fingerprint density at radius 1 is 1.55 bits per heavy atom. The number of aromatic nitrogens is 1. The van der Waals surface area contributed by atoms with Crippen molar-refractivity contribution in [1.29, 1.82) is 0 Å². The van der Waals surface area contributed by atoms with E-state index in [0.29, 0.717) is 6.61 Å². The summed E-state index contributed by atoms with van der Waals surface area (Å²) in [4.78, 5) is 18.8. The number of carbonyl (C=O) groups excluding carboxylic acids is 1. The molecule has 2 fully saturated rings. The Balaban J connectivity index is 1.54. The van der Waals surface area contributed by atoms with Gasteiger partial charge in [0.05, 0.1) is 37.1 Å². The molecule has 1 aromatic rings. The molecule has 6 nitrogen and oxygen atoms in total. The lowest BCUT2D eigenvalue weighted by atomic mass is 9.92. The molecule has 0 aliphatic carbocycles. The first-order valence-corrected chi connectivity index (χ1v) is 7.90. The largest absolute Gasteiger partial charge is 0.380 e. The summed E-state index contributed by atoms with van der Waals surface area (Å²) in [6.45, 7) is 6.70. The Labute approximate surface area is 130 Å². The number of rotatable bonds is 6. The maximum atomic E-state index is 12.5. The maximum absolute atomic E-state index is 12.5. The fraction of sp³-hybridized carbons (Fsp3) is 0.625. The zero-order valence-corrected chi connectivity index (χ0v) is 12.9. The number of fused-ring (bicyclic) bond motifs is 1. The highest BCUT2D eigenvalue weighted by molar-refractivity contribution is 5.92.